The maximum Gasteiger partial charge on any atom is 0.387 e. The molecular weight excluding hydrogens is 382 g/mol. The van der Waals surface area contributed by atoms with Gasteiger partial charge < -0.3 is 20.5 Å². The number of guanidine groups is 1. The Kier molecular flexibility index (Phi) is 9.97. The Bertz CT molecular complexity index is 684. The van der Waals surface area contributed by atoms with Crippen molar-refractivity contribution in [3.05, 3.63) is 29.8 Å². The largest absolute Gasteiger partial charge is 0.435 e. The van der Waals surface area contributed by atoms with Crippen molar-refractivity contribution in [2.75, 3.05) is 32.4 Å². The molecule has 1 unspecified atom stereocenters. The highest BCUT2D eigenvalue weighted by Crippen LogP contribution is 2.19. The van der Waals surface area contributed by atoms with Gasteiger partial charge in [0.05, 0.1) is 18.9 Å². The Morgan fingerprint density at radius 2 is 1.89 bits per heavy atom. The lowest BCUT2D eigenvalue weighted by Crippen LogP contribution is -2.39. The first-order chi connectivity index (χ1) is 12.7. The predicted molar refractivity (Wildman–Crippen MR) is 99.5 cm³/mol. The van der Waals surface area contributed by atoms with Gasteiger partial charge in [-0.25, -0.2) is 13.1 Å². The second-order valence-electron chi connectivity index (χ2n) is 5.63. The molecule has 0 amide bonds. The number of sulfonamides is 1. The number of aliphatic imine (C=N–C) groups is 1. The van der Waals surface area contributed by atoms with Crippen molar-refractivity contribution in [3.8, 4) is 5.75 Å². The minimum Gasteiger partial charge on any atom is -0.435 e. The number of benzene rings is 1. The molecule has 0 bridgehead atoms. The van der Waals surface area contributed by atoms with E-state index < -0.39 is 22.7 Å². The average Bonchev–Trinajstić information content (AvgIpc) is 2.58. The molecule has 0 aromatic heterocycles. The summed E-state index contributed by atoms with van der Waals surface area (Å²) in [5.74, 6) is 0.496. The number of alkyl halides is 2. The molecule has 4 N–H and O–H groups in total. The van der Waals surface area contributed by atoms with Gasteiger partial charge in [0.2, 0.25) is 10.0 Å². The van der Waals surface area contributed by atoms with Gasteiger partial charge in [0, 0.05) is 19.6 Å². The van der Waals surface area contributed by atoms with Crippen LogP contribution in [0.1, 0.15) is 25.0 Å². The van der Waals surface area contributed by atoms with E-state index in [0.717, 1.165) is 6.26 Å². The van der Waals surface area contributed by atoms with Crippen LogP contribution in [-0.2, 0) is 10.0 Å². The van der Waals surface area contributed by atoms with Gasteiger partial charge in [0.15, 0.2) is 5.96 Å². The van der Waals surface area contributed by atoms with Crippen molar-refractivity contribution in [3.63, 3.8) is 0 Å². The lowest BCUT2D eigenvalue weighted by molar-refractivity contribution is -0.0498. The van der Waals surface area contributed by atoms with Crippen LogP contribution in [0.5, 0.6) is 5.75 Å². The van der Waals surface area contributed by atoms with Crippen LogP contribution < -0.4 is 20.1 Å². The van der Waals surface area contributed by atoms with E-state index in [1.54, 1.807) is 0 Å². The molecule has 11 heteroatoms. The van der Waals surface area contributed by atoms with E-state index in [0.29, 0.717) is 37.6 Å². The van der Waals surface area contributed by atoms with Crippen molar-refractivity contribution in [2.45, 2.75) is 26.1 Å². The van der Waals surface area contributed by atoms with Crippen molar-refractivity contribution in [1.82, 2.24) is 15.4 Å². The quantitative estimate of drug-likeness (QED) is 0.245. The standard InChI is InChI=1S/C16H26F2N4O4S/c1-3-19-16(20-9-4-10-22-27(2,24)25)21-11-14(23)12-5-7-13(8-6-12)26-15(17)18/h5-8,14-15,22-23H,3-4,9-11H2,1-2H3,(H2,19,20,21). The Labute approximate surface area is 158 Å². The zero-order valence-corrected chi connectivity index (χ0v) is 16.1. The molecule has 1 rings (SSSR count). The molecule has 0 saturated carbocycles. The van der Waals surface area contributed by atoms with Crippen molar-refractivity contribution >= 4 is 16.0 Å². The van der Waals surface area contributed by atoms with E-state index in [9.17, 15) is 22.3 Å². The van der Waals surface area contributed by atoms with E-state index in [2.05, 4.69) is 25.1 Å². The summed E-state index contributed by atoms with van der Waals surface area (Å²) in [5, 5.41) is 16.2. The number of aliphatic hydroxyl groups is 1. The zero-order valence-electron chi connectivity index (χ0n) is 15.3. The summed E-state index contributed by atoms with van der Waals surface area (Å²) in [4.78, 5) is 4.26. The Morgan fingerprint density at radius 3 is 2.44 bits per heavy atom. The van der Waals surface area contributed by atoms with Gasteiger partial charge in [-0.2, -0.15) is 8.78 Å². The first-order valence-electron chi connectivity index (χ1n) is 8.41. The summed E-state index contributed by atoms with van der Waals surface area (Å²) in [6, 6.07) is 5.70. The molecule has 0 aliphatic carbocycles. The summed E-state index contributed by atoms with van der Waals surface area (Å²) in [7, 11) is -3.20. The van der Waals surface area contributed by atoms with Crippen LogP contribution in [-0.4, -0.2) is 58.5 Å². The van der Waals surface area contributed by atoms with Gasteiger partial charge in [-0.05, 0) is 31.0 Å². The number of rotatable bonds is 11. The highest BCUT2D eigenvalue weighted by atomic mass is 32.2. The smallest absolute Gasteiger partial charge is 0.387 e. The average molecular weight is 408 g/mol. The molecule has 0 spiro atoms. The van der Waals surface area contributed by atoms with Gasteiger partial charge in [0.1, 0.15) is 5.75 Å². The topological polar surface area (TPSA) is 112 Å². The van der Waals surface area contributed by atoms with E-state index in [1.807, 2.05) is 6.92 Å². The number of aliphatic hydroxyl groups excluding tert-OH is 1. The monoisotopic (exact) mass is 408 g/mol. The van der Waals surface area contributed by atoms with Crippen molar-refractivity contribution in [2.24, 2.45) is 4.99 Å². The van der Waals surface area contributed by atoms with Gasteiger partial charge in [-0.3, -0.25) is 4.99 Å². The predicted octanol–water partition coefficient (Wildman–Crippen LogP) is 0.816. The molecule has 27 heavy (non-hydrogen) atoms. The maximum absolute atomic E-state index is 12.1. The van der Waals surface area contributed by atoms with Crippen LogP contribution in [0.15, 0.2) is 29.3 Å². The molecule has 0 aliphatic rings. The van der Waals surface area contributed by atoms with Crippen LogP contribution >= 0.6 is 0 Å². The third-order valence-corrected chi connectivity index (χ3v) is 4.00. The summed E-state index contributed by atoms with van der Waals surface area (Å²) in [6.07, 6.45) is 0.749. The number of ether oxygens (including phenoxy) is 1. The van der Waals surface area contributed by atoms with Crippen LogP contribution in [0, 0.1) is 0 Å². The Balaban J connectivity index is 2.50. The Morgan fingerprint density at radius 1 is 1.22 bits per heavy atom. The van der Waals surface area contributed by atoms with Crippen LogP contribution in [0.4, 0.5) is 8.78 Å². The zero-order chi connectivity index (χ0) is 20.3. The van der Waals surface area contributed by atoms with Crippen molar-refractivity contribution in [1.29, 1.82) is 0 Å². The first kappa shape index (κ1) is 23.1. The lowest BCUT2D eigenvalue weighted by atomic mass is 10.1. The molecule has 1 atom stereocenters. The molecule has 0 radical (unpaired) electrons. The number of nitrogens with one attached hydrogen (secondary N) is 3. The second-order valence-corrected chi connectivity index (χ2v) is 7.46. The third-order valence-electron chi connectivity index (χ3n) is 3.27. The fourth-order valence-corrected chi connectivity index (χ4v) is 2.56. The summed E-state index contributed by atoms with van der Waals surface area (Å²) in [5.41, 5.74) is 0.522. The maximum atomic E-state index is 12.1. The fourth-order valence-electron chi connectivity index (χ4n) is 2.05. The molecule has 154 valence electrons. The minimum absolute atomic E-state index is 0.0159. The lowest BCUT2D eigenvalue weighted by Gasteiger charge is -2.14. The molecule has 0 fully saturated rings. The minimum atomic E-state index is -3.20. The SMILES string of the molecule is CCNC(=NCC(O)c1ccc(OC(F)F)cc1)NCCCNS(C)(=O)=O. The molecule has 8 nitrogen and oxygen atoms in total. The summed E-state index contributed by atoms with van der Waals surface area (Å²) in [6.45, 7) is 0.465. The number of nitrogens with zero attached hydrogens (tertiary/aromatic N) is 1. The molecular formula is C16H26F2N4O4S. The summed E-state index contributed by atoms with van der Waals surface area (Å²) < 4.78 is 52.9. The van der Waals surface area contributed by atoms with Gasteiger partial charge >= 0.3 is 6.61 Å². The molecule has 1 aromatic rings. The normalized spacial score (nSPS) is 13.5. The third kappa shape index (κ3) is 10.7. The molecule has 0 heterocycles. The number of hydrogen-bond donors (Lipinski definition) is 4. The van der Waals surface area contributed by atoms with E-state index >= 15 is 0 Å². The fraction of sp³-hybridized carbons (Fsp3) is 0.562. The van der Waals surface area contributed by atoms with Gasteiger partial charge in [0.25, 0.3) is 0 Å². The molecule has 0 aliphatic heterocycles. The highest BCUT2D eigenvalue weighted by molar-refractivity contribution is 7.88. The number of hydrogen-bond acceptors (Lipinski definition) is 5. The summed E-state index contributed by atoms with van der Waals surface area (Å²) >= 11 is 0. The van der Waals surface area contributed by atoms with E-state index in [-0.39, 0.29) is 12.3 Å². The van der Waals surface area contributed by atoms with E-state index in [4.69, 9.17) is 0 Å². The van der Waals surface area contributed by atoms with Gasteiger partial charge in [-0.1, -0.05) is 12.1 Å². The van der Waals surface area contributed by atoms with Crippen molar-refractivity contribution < 1.29 is 27.0 Å². The highest BCUT2D eigenvalue weighted by Gasteiger charge is 2.09. The van der Waals surface area contributed by atoms with Crippen LogP contribution in [0.25, 0.3) is 0 Å². The van der Waals surface area contributed by atoms with E-state index in [1.165, 1.54) is 24.3 Å². The van der Waals surface area contributed by atoms with Crippen LogP contribution in [0.2, 0.25) is 0 Å². The Hall–Kier alpha value is -1.98. The first-order valence-corrected chi connectivity index (χ1v) is 10.3. The van der Waals surface area contributed by atoms with Crippen LogP contribution in [0.3, 0.4) is 0 Å². The molecule has 1 aromatic carbocycles. The number of halogens is 2. The second kappa shape index (κ2) is 11.7. The van der Waals surface area contributed by atoms with Gasteiger partial charge in [-0.15, -0.1) is 0 Å². The molecule has 0 saturated heterocycles.